The van der Waals surface area contributed by atoms with Crippen LogP contribution in [0.5, 0.6) is 0 Å². The predicted molar refractivity (Wildman–Crippen MR) is 88.8 cm³/mol. The highest BCUT2D eigenvalue weighted by Crippen LogP contribution is 2.40. The van der Waals surface area contributed by atoms with Gasteiger partial charge in [0, 0.05) is 24.2 Å². The first kappa shape index (κ1) is 15.7. The summed E-state index contributed by atoms with van der Waals surface area (Å²) in [6.07, 6.45) is 2.80. The Bertz CT molecular complexity index is 824. The fraction of sp³-hybridized carbons (Fsp3) is 0.333. The van der Waals surface area contributed by atoms with Crippen LogP contribution in [-0.2, 0) is 4.79 Å². The molecule has 1 aliphatic rings. The van der Waals surface area contributed by atoms with Crippen LogP contribution in [0.25, 0.3) is 10.8 Å². The molecule has 0 saturated carbocycles. The van der Waals surface area contributed by atoms with E-state index in [1.807, 2.05) is 6.92 Å². The van der Waals surface area contributed by atoms with Crippen LogP contribution in [0.4, 0.5) is 11.5 Å². The van der Waals surface area contributed by atoms with Crippen LogP contribution in [-0.4, -0.2) is 33.6 Å². The molecule has 8 heteroatoms. The lowest BCUT2D eigenvalue weighted by Crippen LogP contribution is -2.36. The number of nitro groups is 1. The molecule has 0 spiro atoms. The summed E-state index contributed by atoms with van der Waals surface area (Å²) in [4.78, 5) is 28.5. The summed E-state index contributed by atoms with van der Waals surface area (Å²) in [5, 5.41) is 21.8. The van der Waals surface area contributed by atoms with Crippen LogP contribution in [0.1, 0.15) is 18.4 Å². The maximum Gasteiger partial charge on any atom is 0.326 e. The Balaban J connectivity index is 2.31. The summed E-state index contributed by atoms with van der Waals surface area (Å²) >= 11 is 3.34. The van der Waals surface area contributed by atoms with Crippen LogP contribution >= 0.6 is 15.9 Å². The zero-order valence-electron chi connectivity index (χ0n) is 12.3. The first-order chi connectivity index (χ1) is 10.9. The number of nitrogens with zero attached hydrogens (tertiary/aromatic N) is 3. The van der Waals surface area contributed by atoms with Crippen LogP contribution < -0.4 is 4.90 Å². The van der Waals surface area contributed by atoms with Crippen LogP contribution in [0.2, 0.25) is 0 Å². The molecule has 0 aliphatic carbocycles. The Labute approximate surface area is 140 Å². The summed E-state index contributed by atoms with van der Waals surface area (Å²) in [6.45, 7) is 2.42. The van der Waals surface area contributed by atoms with Gasteiger partial charge in [0.2, 0.25) is 0 Å². The number of hydrogen-bond donors (Lipinski definition) is 1. The molecule has 1 saturated heterocycles. The van der Waals surface area contributed by atoms with Crippen LogP contribution in [0.3, 0.4) is 0 Å². The lowest BCUT2D eigenvalue weighted by atomic mass is 10.0. The van der Waals surface area contributed by atoms with Gasteiger partial charge in [0.05, 0.1) is 14.8 Å². The summed E-state index contributed by atoms with van der Waals surface area (Å²) in [7, 11) is 0. The van der Waals surface area contributed by atoms with E-state index < -0.39 is 16.9 Å². The van der Waals surface area contributed by atoms with Crippen molar-refractivity contribution in [3.8, 4) is 0 Å². The summed E-state index contributed by atoms with van der Waals surface area (Å²) in [6, 6.07) is 2.49. The second kappa shape index (κ2) is 5.77. The molecular formula is C15H14BrN3O4. The number of fused-ring (bicyclic) bond motifs is 1. The highest BCUT2D eigenvalue weighted by molar-refractivity contribution is 9.10. The number of carboxylic acid groups (broad SMARTS) is 1. The number of rotatable bonds is 3. The van der Waals surface area contributed by atoms with Gasteiger partial charge in [0.1, 0.15) is 11.9 Å². The number of aromatic nitrogens is 1. The monoisotopic (exact) mass is 379 g/mol. The lowest BCUT2D eigenvalue weighted by Gasteiger charge is -2.24. The number of halogens is 1. The number of hydrogen-bond acceptors (Lipinski definition) is 5. The van der Waals surface area contributed by atoms with E-state index in [-0.39, 0.29) is 5.69 Å². The average molecular weight is 380 g/mol. The third-order valence-corrected chi connectivity index (χ3v) is 4.76. The lowest BCUT2D eigenvalue weighted by molar-refractivity contribution is -0.383. The third kappa shape index (κ3) is 2.52. The van der Waals surface area contributed by atoms with E-state index in [0.29, 0.717) is 34.0 Å². The van der Waals surface area contributed by atoms with Crippen molar-refractivity contribution in [1.29, 1.82) is 0 Å². The van der Waals surface area contributed by atoms with Crippen molar-refractivity contribution < 1.29 is 14.8 Å². The van der Waals surface area contributed by atoms with Crippen molar-refractivity contribution in [2.24, 2.45) is 0 Å². The van der Waals surface area contributed by atoms with Crippen molar-refractivity contribution in [2.75, 3.05) is 11.4 Å². The quantitative estimate of drug-likeness (QED) is 0.649. The van der Waals surface area contributed by atoms with E-state index in [9.17, 15) is 20.0 Å². The van der Waals surface area contributed by atoms with Gasteiger partial charge in [-0.1, -0.05) is 6.07 Å². The zero-order valence-corrected chi connectivity index (χ0v) is 13.9. The molecule has 2 heterocycles. The normalized spacial score (nSPS) is 17.7. The van der Waals surface area contributed by atoms with Gasteiger partial charge in [-0.25, -0.2) is 9.78 Å². The van der Waals surface area contributed by atoms with E-state index in [1.165, 1.54) is 12.3 Å². The number of benzene rings is 1. The molecule has 1 atom stereocenters. The van der Waals surface area contributed by atoms with E-state index in [4.69, 9.17) is 0 Å². The molecule has 120 valence electrons. The Morgan fingerprint density at radius 3 is 2.87 bits per heavy atom. The molecule has 3 rings (SSSR count). The van der Waals surface area contributed by atoms with Gasteiger partial charge in [-0.05, 0) is 41.3 Å². The van der Waals surface area contributed by atoms with Crippen molar-refractivity contribution in [1.82, 2.24) is 4.98 Å². The number of aliphatic carboxylic acids is 1. The van der Waals surface area contributed by atoms with Gasteiger partial charge in [-0.3, -0.25) is 10.1 Å². The predicted octanol–water partition coefficient (Wildman–Crippen LogP) is 3.27. The van der Waals surface area contributed by atoms with Crippen LogP contribution in [0.15, 0.2) is 22.8 Å². The second-order valence-electron chi connectivity index (χ2n) is 5.53. The molecular weight excluding hydrogens is 366 g/mol. The highest BCUT2D eigenvalue weighted by atomic mass is 79.9. The maximum atomic E-state index is 11.5. The third-order valence-electron chi connectivity index (χ3n) is 4.16. The van der Waals surface area contributed by atoms with Crippen molar-refractivity contribution in [2.45, 2.75) is 25.8 Å². The largest absolute Gasteiger partial charge is 0.480 e. The number of carboxylic acids is 1. The Hall–Kier alpha value is -2.22. The number of carbonyl (C=O) groups is 1. The van der Waals surface area contributed by atoms with Gasteiger partial charge in [0.25, 0.3) is 5.69 Å². The number of non-ortho nitro benzene ring substituents is 1. The van der Waals surface area contributed by atoms with Crippen molar-refractivity contribution in [3.05, 3.63) is 38.5 Å². The van der Waals surface area contributed by atoms with Gasteiger partial charge < -0.3 is 10.0 Å². The molecule has 0 amide bonds. The van der Waals surface area contributed by atoms with Gasteiger partial charge in [0.15, 0.2) is 0 Å². The Morgan fingerprint density at radius 1 is 1.48 bits per heavy atom. The number of pyridine rings is 1. The van der Waals surface area contributed by atoms with E-state index in [1.54, 1.807) is 11.0 Å². The molecule has 2 aromatic rings. The Kier molecular flexibility index (Phi) is 3.93. The molecule has 1 unspecified atom stereocenters. The molecule has 1 aliphatic heterocycles. The highest BCUT2D eigenvalue weighted by Gasteiger charge is 2.33. The second-order valence-corrected chi connectivity index (χ2v) is 6.38. The van der Waals surface area contributed by atoms with Crippen molar-refractivity contribution >= 4 is 44.2 Å². The maximum absolute atomic E-state index is 11.5. The van der Waals surface area contributed by atoms with Crippen LogP contribution in [0, 0.1) is 17.0 Å². The standard InChI is InChI=1S/C15H14BrN3O4/c1-8-4-5-10(19(22)23)13-9(16)7-17-14(12(8)13)18-6-2-3-11(18)15(20)21/h4-5,7,11H,2-3,6H2,1H3,(H,20,21). The fourth-order valence-corrected chi connectivity index (χ4v) is 3.62. The summed E-state index contributed by atoms with van der Waals surface area (Å²) < 4.78 is 0.526. The molecule has 7 nitrogen and oxygen atoms in total. The average Bonchev–Trinajstić information content (AvgIpc) is 2.97. The molecule has 23 heavy (non-hydrogen) atoms. The van der Waals surface area contributed by atoms with E-state index in [0.717, 1.165) is 12.0 Å². The first-order valence-corrected chi connectivity index (χ1v) is 7.92. The Morgan fingerprint density at radius 2 is 2.22 bits per heavy atom. The SMILES string of the molecule is Cc1ccc([N+](=O)[O-])c2c(Br)cnc(N3CCCC3C(=O)O)c12. The molecule has 1 fully saturated rings. The molecule has 1 N–H and O–H groups in total. The van der Waals surface area contributed by atoms with Gasteiger partial charge >= 0.3 is 5.97 Å². The number of aryl methyl sites for hydroxylation is 1. The summed E-state index contributed by atoms with van der Waals surface area (Å²) in [5.74, 6) is -0.405. The van der Waals surface area contributed by atoms with Gasteiger partial charge in [-0.15, -0.1) is 0 Å². The molecule has 0 radical (unpaired) electrons. The fourth-order valence-electron chi connectivity index (χ4n) is 3.12. The van der Waals surface area contributed by atoms with E-state index in [2.05, 4.69) is 20.9 Å². The number of nitro benzene ring substituents is 1. The summed E-state index contributed by atoms with van der Waals surface area (Å²) in [5.41, 5.74) is 0.803. The number of anilines is 1. The topological polar surface area (TPSA) is 96.6 Å². The van der Waals surface area contributed by atoms with E-state index >= 15 is 0 Å². The van der Waals surface area contributed by atoms with Gasteiger partial charge in [-0.2, -0.15) is 0 Å². The molecule has 1 aromatic heterocycles. The molecule has 1 aromatic carbocycles. The van der Waals surface area contributed by atoms with Crippen molar-refractivity contribution in [3.63, 3.8) is 0 Å². The minimum Gasteiger partial charge on any atom is -0.480 e. The molecule has 0 bridgehead atoms. The first-order valence-electron chi connectivity index (χ1n) is 7.13. The smallest absolute Gasteiger partial charge is 0.326 e. The minimum absolute atomic E-state index is 0.0211. The zero-order chi connectivity index (χ0) is 16.7. The minimum atomic E-state index is -0.900.